The van der Waals surface area contributed by atoms with Crippen molar-refractivity contribution in [3.8, 4) is 40.0 Å². The first kappa shape index (κ1) is 34.7. The van der Waals surface area contributed by atoms with E-state index in [0.29, 0.717) is 10.5 Å². The maximum Gasteiger partial charge on any atom is 0.425 e. The van der Waals surface area contributed by atoms with Crippen LogP contribution >= 0.6 is 0 Å². The molecule has 14 heteroatoms. The van der Waals surface area contributed by atoms with Crippen LogP contribution in [0.5, 0.6) is 0 Å². The molecule has 0 aliphatic heterocycles. The minimum Gasteiger partial charge on any atom is -0.443 e. The Labute approximate surface area is 272 Å². The number of hydrogen-bond acceptors (Lipinski definition) is 11. The topological polar surface area (TPSA) is 166 Å². The van der Waals surface area contributed by atoms with E-state index in [2.05, 4.69) is 15.1 Å². The second kappa shape index (κ2) is 12.9. The molecule has 47 heavy (non-hydrogen) atoms. The summed E-state index contributed by atoms with van der Waals surface area (Å²) in [6.45, 7) is 12.9. The number of carbonyl (C=O) groups excluding carboxylic acids is 2. The minimum atomic E-state index is -3.54. The van der Waals surface area contributed by atoms with Crippen molar-refractivity contribution < 1.29 is 36.4 Å². The molecule has 12 nitrogen and oxygen atoms in total. The van der Waals surface area contributed by atoms with Gasteiger partial charge in [-0.1, -0.05) is 17.3 Å². The molecule has 2 aromatic heterocycles. The zero-order chi connectivity index (χ0) is 34.9. The first-order valence-electron chi connectivity index (χ1n) is 14.5. The summed E-state index contributed by atoms with van der Waals surface area (Å²) in [6, 6.07) is 13.0. The molecule has 246 valence electrons. The normalized spacial score (nSPS) is 12.0. The molecule has 0 bridgehead atoms. The molecular weight excluding hydrogens is 629 g/mol. The highest BCUT2D eigenvalue weighted by atomic mass is 32.2. The Kier molecular flexibility index (Phi) is 9.54. The van der Waals surface area contributed by atoms with Gasteiger partial charge in [0.05, 0.1) is 33.7 Å². The lowest BCUT2D eigenvalue weighted by atomic mass is 10.1. The molecule has 0 atom stereocenters. The highest BCUT2D eigenvalue weighted by Crippen LogP contribution is 2.35. The van der Waals surface area contributed by atoms with E-state index in [1.54, 1.807) is 67.5 Å². The first-order chi connectivity index (χ1) is 21.8. The van der Waals surface area contributed by atoms with E-state index >= 15 is 0 Å². The summed E-state index contributed by atoms with van der Waals surface area (Å²) in [7, 11) is -3.54. The molecule has 0 spiro atoms. The van der Waals surface area contributed by atoms with E-state index in [1.165, 1.54) is 36.5 Å². The fraction of sp³-hybridized carbons (Fsp3) is 0.333. The number of rotatable bonds is 6. The maximum absolute atomic E-state index is 14.9. The van der Waals surface area contributed by atoms with E-state index in [4.69, 9.17) is 19.3 Å². The summed E-state index contributed by atoms with van der Waals surface area (Å²) < 4.78 is 56.8. The number of halogens is 1. The molecular formula is C33H34FN5O7S. The highest BCUT2D eigenvalue weighted by Gasteiger charge is 2.37. The van der Waals surface area contributed by atoms with Gasteiger partial charge < -0.3 is 14.0 Å². The Morgan fingerprint density at radius 1 is 0.936 bits per heavy atom. The molecule has 0 aliphatic rings. The number of aromatic nitrogens is 3. The number of amides is 2. The van der Waals surface area contributed by atoms with Crippen LogP contribution in [-0.2, 0) is 19.3 Å². The highest BCUT2D eigenvalue weighted by molar-refractivity contribution is 7.92. The van der Waals surface area contributed by atoms with Crippen molar-refractivity contribution >= 4 is 27.8 Å². The summed E-state index contributed by atoms with van der Waals surface area (Å²) in [5.41, 5.74) is -1.38. The molecule has 4 rings (SSSR count). The predicted molar refractivity (Wildman–Crippen MR) is 170 cm³/mol. The lowest BCUT2D eigenvalue weighted by molar-refractivity contribution is 0.0429. The van der Waals surface area contributed by atoms with Crippen LogP contribution in [0.1, 0.15) is 61.0 Å². The van der Waals surface area contributed by atoms with Gasteiger partial charge in [0.25, 0.3) is 0 Å². The van der Waals surface area contributed by atoms with Crippen LogP contribution < -0.4 is 4.90 Å². The first-order valence-corrected chi connectivity index (χ1v) is 16.0. The minimum absolute atomic E-state index is 0.0164. The van der Waals surface area contributed by atoms with Crippen LogP contribution in [0.2, 0.25) is 0 Å². The molecule has 0 saturated carbocycles. The quantitative estimate of drug-likeness (QED) is 0.203. The smallest absolute Gasteiger partial charge is 0.425 e. The number of anilines is 1. The number of carbonyl (C=O) groups is 2. The number of hydrogen-bond donors (Lipinski definition) is 0. The Morgan fingerprint density at radius 2 is 1.53 bits per heavy atom. The van der Waals surface area contributed by atoms with Crippen LogP contribution in [0, 0.1) is 17.1 Å². The van der Waals surface area contributed by atoms with Crippen molar-refractivity contribution in [3.63, 3.8) is 0 Å². The van der Waals surface area contributed by atoms with Crippen molar-refractivity contribution in [3.05, 3.63) is 66.1 Å². The predicted octanol–water partition coefficient (Wildman–Crippen LogP) is 7.34. The van der Waals surface area contributed by atoms with Gasteiger partial charge in [-0.2, -0.15) is 10.2 Å². The average molecular weight is 664 g/mol. The largest absolute Gasteiger partial charge is 0.443 e. The van der Waals surface area contributed by atoms with E-state index in [1.807, 2.05) is 6.07 Å². The summed E-state index contributed by atoms with van der Waals surface area (Å²) in [5.74, 6) is -1.17. The number of imide groups is 1. The summed E-state index contributed by atoms with van der Waals surface area (Å²) in [5, 5.41) is 12.4. The van der Waals surface area contributed by atoms with Gasteiger partial charge in [-0.05, 0) is 85.7 Å². The monoisotopic (exact) mass is 663 g/mol. The van der Waals surface area contributed by atoms with Gasteiger partial charge in [-0.15, -0.1) is 0 Å². The zero-order valence-corrected chi connectivity index (χ0v) is 28.0. The Hall–Kier alpha value is -5.16. The SMILES string of the molecule is CC(C)S(=O)(=O)c1ccc(-c2cnc(N(C(=O)OC(C)(C)C)C(=O)OC(C)(C)C)c(-c3cc(-c4ccc(C#N)cc4F)no3)n2)cc1. The van der Waals surface area contributed by atoms with Gasteiger partial charge in [0, 0.05) is 17.2 Å². The van der Waals surface area contributed by atoms with E-state index in [9.17, 15) is 22.4 Å². The fourth-order valence-electron chi connectivity index (χ4n) is 4.11. The van der Waals surface area contributed by atoms with Crippen molar-refractivity contribution in [2.75, 3.05) is 4.90 Å². The van der Waals surface area contributed by atoms with Gasteiger partial charge in [0.2, 0.25) is 0 Å². The molecule has 0 radical (unpaired) electrons. The maximum atomic E-state index is 14.9. The lowest BCUT2D eigenvalue weighted by Crippen LogP contribution is -2.44. The molecule has 0 N–H and O–H groups in total. The Bertz CT molecular complexity index is 1940. The van der Waals surface area contributed by atoms with Crippen molar-refractivity contribution in [2.45, 2.75) is 76.7 Å². The summed E-state index contributed by atoms with van der Waals surface area (Å²) in [6.07, 6.45) is -0.947. The molecule has 2 heterocycles. The Morgan fingerprint density at radius 3 is 2.04 bits per heavy atom. The number of nitriles is 1. The van der Waals surface area contributed by atoms with Crippen molar-refractivity contribution in [1.82, 2.24) is 15.1 Å². The second-order valence-electron chi connectivity index (χ2n) is 12.7. The third kappa shape index (κ3) is 7.98. The van der Waals surface area contributed by atoms with Gasteiger partial charge >= 0.3 is 12.2 Å². The lowest BCUT2D eigenvalue weighted by Gasteiger charge is -2.28. The Balaban J connectivity index is 1.92. The summed E-state index contributed by atoms with van der Waals surface area (Å²) >= 11 is 0. The van der Waals surface area contributed by atoms with Gasteiger partial charge in [-0.25, -0.2) is 32.4 Å². The number of ether oxygens (including phenoxy) is 2. The third-order valence-corrected chi connectivity index (χ3v) is 8.50. The third-order valence-electron chi connectivity index (χ3n) is 6.33. The number of benzene rings is 2. The molecule has 0 fully saturated rings. The van der Waals surface area contributed by atoms with Crippen LogP contribution in [-0.4, -0.2) is 52.2 Å². The molecule has 0 saturated heterocycles. The fourth-order valence-corrected chi connectivity index (χ4v) is 5.17. The number of nitrogens with zero attached hydrogens (tertiary/aromatic N) is 5. The van der Waals surface area contributed by atoms with E-state index < -0.39 is 44.3 Å². The van der Waals surface area contributed by atoms with E-state index in [0.717, 1.165) is 6.07 Å². The van der Waals surface area contributed by atoms with Crippen LogP contribution in [0.15, 0.2) is 64.1 Å². The van der Waals surface area contributed by atoms with Crippen LogP contribution in [0.3, 0.4) is 0 Å². The molecule has 4 aromatic rings. The molecule has 0 unspecified atom stereocenters. The summed E-state index contributed by atoms with van der Waals surface area (Å²) in [4.78, 5) is 36.7. The standard InChI is InChI=1S/C33H34FN5O7S/c1-19(2)47(42,43)22-12-10-21(11-13-22)26-18-36-29(39(30(40)44-32(3,4)5)31(41)45-33(6,7)8)28(37-26)27-16-25(38-46-27)23-14-9-20(17-35)15-24(23)34/h9-16,18-19H,1-8H3. The van der Waals surface area contributed by atoms with Crippen LogP contribution in [0.4, 0.5) is 19.8 Å². The van der Waals surface area contributed by atoms with Crippen molar-refractivity contribution in [2.24, 2.45) is 0 Å². The zero-order valence-electron chi connectivity index (χ0n) is 27.2. The van der Waals surface area contributed by atoms with Crippen LogP contribution in [0.25, 0.3) is 34.0 Å². The molecule has 2 amide bonds. The molecule has 2 aromatic carbocycles. The van der Waals surface area contributed by atoms with Gasteiger partial charge in [-0.3, -0.25) is 0 Å². The molecule has 0 aliphatic carbocycles. The van der Waals surface area contributed by atoms with Crippen molar-refractivity contribution in [1.29, 1.82) is 5.26 Å². The second-order valence-corrected chi connectivity index (χ2v) is 15.2. The average Bonchev–Trinajstić information content (AvgIpc) is 3.45. The van der Waals surface area contributed by atoms with E-state index in [-0.39, 0.29) is 44.7 Å². The number of sulfone groups is 1. The van der Waals surface area contributed by atoms with Gasteiger partial charge in [0.15, 0.2) is 27.1 Å². The van der Waals surface area contributed by atoms with Gasteiger partial charge in [0.1, 0.15) is 22.7 Å².